The van der Waals surface area contributed by atoms with Crippen molar-refractivity contribution < 1.29 is 32.3 Å². The first-order chi connectivity index (χ1) is 12.9. The second kappa shape index (κ2) is 8.34. The van der Waals surface area contributed by atoms with Crippen molar-refractivity contribution in [3.63, 3.8) is 0 Å². The fraction of sp³-hybridized carbons (Fsp3) is 0.300. The summed E-state index contributed by atoms with van der Waals surface area (Å²) in [5, 5.41) is 9.14. The number of carboxylic acid groups (broad SMARTS) is 1. The van der Waals surface area contributed by atoms with E-state index in [-0.39, 0.29) is 18.4 Å². The van der Waals surface area contributed by atoms with Gasteiger partial charge in [-0.25, -0.2) is 4.39 Å². The summed E-state index contributed by atoms with van der Waals surface area (Å²) in [5.41, 5.74) is -0.736. The molecule has 0 unspecified atom stereocenters. The quantitative estimate of drug-likeness (QED) is 0.363. The summed E-state index contributed by atoms with van der Waals surface area (Å²) >= 11 is 1.18. The number of aryl methyl sites for hydroxylation is 1. The minimum atomic E-state index is -4.67. The normalized spacial score (nSPS) is 12.1. The molecule has 1 N–H and O–H groups in total. The van der Waals surface area contributed by atoms with Gasteiger partial charge in [-0.2, -0.15) is 13.2 Å². The Morgan fingerprint density at radius 3 is 2.14 bits per heavy atom. The number of hydrogen-bond donors (Lipinski definition) is 1. The molecule has 0 atom stereocenters. The molecule has 28 heavy (non-hydrogen) atoms. The van der Waals surface area contributed by atoms with Crippen LogP contribution in [0, 0.1) is 5.82 Å². The number of benzene rings is 2. The molecule has 0 aromatic heterocycles. The minimum absolute atomic E-state index is 0.0601. The van der Waals surface area contributed by atoms with Gasteiger partial charge < -0.3 is 5.11 Å². The summed E-state index contributed by atoms with van der Waals surface area (Å²) in [4.78, 5) is 24.0. The first-order valence-corrected chi connectivity index (χ1v) is 9.13. The molecule has 2 aromatic rings. The summed E-state index contributed by atoms with van der Waals surface area (Å²) in [6.07, 6.45) is -4.45. The van der Waals surface area contributed by atoms with Gasteiger partial charge in [-0.05, 0) is 56.2 Å². The van der Waals surface area contributed by atoms with Crippen molar-refractivity contribution in [2.45, 2.75) is 42.5 Å². The molecule has 0 heterocycles. The molecule has 0 radical (unpaired) electrons. The topological polar surface area (TPSA) is 54.4 Å². The van der Waals surface area contributed by atoms with Gasteiger partial charge in [0.25, 0.3) is 0 Å². The van der Waals surface area contributed by atoms with Gasteiger partial charge in [-0.15, -0.1) is 11.8 Å². The average Bonchev–Trinajstić information content (AvgIpc) is 2.59. The predicted octanol–water partition coefficient (Wildman–Crippen LogP) is 5.62. The Bertz CT molecular complexity index is 874. The highest BCUT2D eigenvalue weighted by molar-refractivity contribution is 8.01. The number of carboxylic acids is 1. The van der Waals surface area contributed by atoms with E-state index in [4.69, 9.17) is 5.11 Å². The molecule has 2 rings (SSSR count). The Morgan fingerprint density at radius 1 is 1.04 bits per heavy atom. The van der Waals surface area contributed by atoms with Gasteiger partial charge in [-0.1, -0.05) is 12.1 Å². The van der Waals surface area contributed by atoms with E-state index in [1.165, 1.54) is 11.8 Å². The largest absolute Gasteiger partial charge is 0.480 e. The number of carbonyl (C=O) groups is 2. The Balaban J connectivity index is 2.00. The van der Waals surface area contributed by atoms with E-state index in [2.05, 4.69) is 0 Å². The molecule has 0 aliphatic rings. The third-order valence-corrected chi connectivity index (χ3v) is 5.24. The van der Waals surface area contributed by atoms with Gasteiger partial charge in [0.2, 0.25) is 0 Å². The Kier molecular flexibility index (Phi) is 6.54. The van der Waals surface area contributed by atoms with Crippen LogP contribution in [0.1, 0.15) is 41.8 Å². The summed E-state index contributed by atoms with van der Waals surface area (Å²) in [6, 6.07) is 8.79. The highest BCUT2D eigenvalue weighted by Crippen LogP contribution is 2.33. The number of carbonyl (C=O) groups excluding carboxylic acids is 1. The number of hydrogen-bond acceptors (Lipinski definition) is 3. The highest BCUT2D eigenvalue weighted by atomic mass is 32.2. The average molecular weight is 414 g/mol. The SMILES string of the molecule is CC(C)(Sc1ccc(CCC(=O)c2ccc(C(F)(F)F)cc2F)cc1)C(=O)O. The zero-order valence-corrected chi connectivity index (χ0v) is 16.0. The van der Waals surface area contributed by atoms with Crippen molar-refractivity contribution in [3.8, 4) is 0 Å². The van der Waals surface area contributed by atoms with Crippen LogP contribution in [0.3, 0.4) is 0 Å². The maximum absolute atomic E-state index is 13.9. The Labute approximate surface area is 163 Å². The van der Waals surface area contributed by atoms with E-state index in [1.54, 1.807) is 38.1 Å². The molecule has 3 nitrogen and oxygen atoms in total. The van der Waals surface area contributed by atoms with E-state index >= 15 is 0 Å². The second-order valence-corrected chi connectivity index (χ2v) is 8.37. The number of Topliss-reactive ketones (excluding diaryl/α,β-unsaturated/α-hetero) is 1. The molecule has 0 bridgehead atoms. The van der Waals surface area contributed by atoms with Crippen molar-refractivity contribution in [2.75, 3.05) is 0 Å². The lowest BCUT2D eigenvalue weighted by atomic mass is 10.0. The van der Waals surface area contributed by atoms with Crippen LogP contribution in [-0.4, -0.2) is 21.6 Å². The van der Waals surface area contributed by atoms with E-state index in [0.29, 0.717) is 12.1 Å². The van der Waals surface area contributed by atoms with Gasteiger partial charge in [0.05, 0.1) is 11.1 Å². The predicted molar refractivity (Wildman–Crippen MR) is 98.1 cm³/mol. The molecule has 0 aliphatic carbocycles. The number of aliphatic carboxylic acids is 1. The standard InChI is InChI=1S/C20H18F4O3S/c1-19(2,18(26)27)28-14-7-3-12(4-8-14)5-10-17(25)15-9-6-13(11-16(15)21)20(22,23)24/h3-4,6-9,11H,5,10H2,1-2H3,(H,26,27). The number of alkyl halides is 3. The summed E-state index contributed by atoms with van der Waals surface area (Å²) < 4.78 is 50.6. The number of rotatable bonds is 7. The maximum atomic E-state index is 13.9. The maximum Gasteiger partial charge on any atom is 0.416 e. The van der Waals surface area contributed by atoms with Crippen LogP contribution >= 0.6 is 11.8 Å². The summed E-state index contributed by atoms with van der Waals surface area (Å²) in [6.45, 7) is 3.18. The van der Waals surface area contributed by atoms with Crippen LogP contribution in [0.4, 0.5) is 17.6 Å². The van der Waals surface area contributed by atoms with Crippen LogP contribution in [0.25, 0.3) is 0 Å². The van der Waals surface area contributed by atoms with Crippen LogP contribution in [0.2, 0.25) is 0 Å². The molecule has 8 heteroatoms. The zero-order valence-electron chi connectivity index (χ0n) is 15.1. The lowest BCUT2D eigenvalue weighted by Gasteiger charge is -2.18. The molecular weight excluding hydrogens is 396 g/mol. The molecular formula is C20H18F4O3S. The van der Waals surface area contributed by atoms with Crippen molar-refractivity contribution in [2.24, 2.45) is 0 Å². The molecule has 0 amide bonds. The van der Waals surface area contributed by atoms with Crippen LogP contribution < -0.4 is 0 Å². The fourth-order valence-corrected chi connectivity index (χ4v) is 3.32. The summed E-state index contributed by atoms with van der Waals surface area (Å²) in [7, 11) is 0. The van der Waals surface area contributed by atoms with Crippen LogP contribution in [0.5, 0.6) is 0 Å². The summed E-state index contributed by atoms with van der Waals surface area (Å²) in [5.74, 6) is -2.72. The number of halogens is 4. The molecule has 0 saturated carbocycles. The van der Waals surface area contributed by atoms with E-state index in [1.807, 2.05) is 0 Å². The molecule has 0 saturated heterocycles. The minimum Gasteiger partial charge on any atom is -0.480 e. The molecule has 150 valence electrons. The molecule has 0 aliphatic heterocycles. The van der Waals surface area contributed by atoms with Crippen LogP contribution in [-0.2, 0) is 17.4 Å². The molecule has 2 aromatic carbocycles. The lowest BCUT2D eigenvalue weighted by Crippen LogP contribution is -2.26. The smallest absolute Gasteiger partial charge is 0.416 e. The van der Waals surface area contributed by atoms with E-state index in [9.17, 15) is 27.2 Å². The van der Waals surface area contributed by atoms with E-state index < -0.39 is 34.1 Å². The zero-order chi connectivity index (χ0) is 21.1. The monoisotopic (exact) mass is 414 g/mol. The van der Waals surface area contributed by atoms with Crippen molar-refractivity contribution in [1.29, 1.82) is 0 Å². The molecule has 0 fully saturated rings. The van der Waals surface area contributed by atoms with Gasteiger partial charge in [0, 0.05) is 11.3 Å². The van der Waals surface area contributed by atoms with Crippen molar-refractivity contribution in [1.82, 2.24) is 0 Å². The fourth-order valence-electron chi connectivity index (χ4n) is 2.37. The third kappa shape index (κ3) is 5.58. The third-order valence-electron chi connectivity index (χ3n) is 4.05. The number of thioether (sulfide) groups is 1. The lowest BCUT2D eigenvalue weighted by molar-refractivity contribution is -0.139. The Morgan fingerprint density at radius 2 is 1.64 bits per heavy atom. The van der Waals surface area contributed by atoms with Gasteiger partial charge >= 0.3 is 12.1 Å². The first kappa shape index (κ1) is 21.9. The highest BCUT2D eigenvalue weighted by Gasteiger charge is 2.31. The van der Waals surface area contributed by atoms with Gasteiger partial charge in [-0.3, -0.25) is 9.59 Å². The van der Waals surface area contributed by atoms with E-state index in [0.717, 1.165) is 16.5 Å². The second-order valence-electron chi connectivity index (χ2n) is 6.68. The molecule has 0 spiro atoms. The van der Waals surface area contributed by atoms with Crippen molar-refractivity contribution >= 4 is 23.5 Å². The Hall–Kier alpha value is -2.35. The first-order valence-electron chi connectivity index (χ1n) is 8.31. The van der Waals surface area contributed by atoms with Gasteiger partial charge in [0.15, 0.2) is 5.78 Å². The number of ketones is 1. The van der Waals surface area contributed by atoms with Crippen LogP contribution in [0.15, 0.2) is 47.4 Å². The van der Waals surface area contributed by atoms with Crippen molar-refractivity contribution in [3.05, 3.63) is 65.0 Å². The van der Waals surface area contributed by atoms with Gasteiger partial charge in [0.1, 0.15) is 10.6 Å².